The topological polar surface area (TPSA) is 89.7 Å². The molecule has 1 saturated carbocycles. The molecule has 1 spiro atoms. The van der Waals surface area contributed by atoms with Crippen LogP contribution in [0.15, 0.2) is 11.6 Å². The van der Waals surface area contributed by atoms with E-state index < -0.39 is 23.7 Å². The number of alkyl carbamates (subject to hydrolysis) is 1. The van der Waals surface area contributed by atoms with E-state index in [0.717, 1.165) is 12.8 Å². The monoisotopic (exact) mass is 401 g/mol. The van der Waals surface area contributed by atoms with Gasteiger partial charge < -0.3 is 18.9 Å². The molecule has 3 unspecified atom stereocenters. The molecule has 3 aliphatic rings. The number of ether oxygens (including phenoxy) is 4. The van der Waals surface area contributed by atoms with Crippen LogP contribution in [-0.4, -0.2) is 61.1 Å². The van der Waals surface area contributed by atoms with Gasteiger partial charge in [-0.2, -0.15) is 0 Å². The zero-order valence-electron chi connectivity index (χ0n) is 16.2. The Morgan fingerprint density at radius 3 is 2.63 bits per heavy atom. The lowest BCUT2D eigenvalue weighted by Gasteiger charge is -2.42. The first-order valence-corrected chi connectivity index (χ1v) is 9.83. The van der Waals surface area contributed by atoms with Crippen molar-refractivity contribution in [3.05, 3.63) is 11.6 Å². The lowest BCUT2D eigenvalue weighted by Crippen LogP contribution is -2.56. The van der Waals surface area contributed by atoms with Gasteiger partial charge in [0.2, 0.25) is 5.91 Å². The molecule has 1 N–H and O–H groups in total. The van der Waals surface area contributed by atoms with Crippen molar-refractivity contribution in [1.82, 2.24) is 5.32 Å². The second-order valence-electron chi connectivity index (χ2n) is 8.00. The van der Waals surface area contributed by atoms with Gasteiger partial charge in [0, 0.05) is 7.11 Å². The first kappa shape index (κ1) is 20.6. The average molecular weight is 402 g/mol. The van der Waals surface area contributed by atoms with Gasteiger partial charge in [0.25, 0.3) is 0 Å². The average Bonchev–Trinajstić information content (AvgIpc) is 3.52. The normalized spacial score (nSPS) is 39.6. The van der Waals surface area contributed by atoms with Crippen LogP contribution in [0.2, 0.25) is 0 Å². The fraction of sp³-hybridized carbons (Fsp3) is 0.789. The standard InChI is InChI=1S/C19H28ClNO6/c1-11(2)5-6-13-18(3,27-13)16-15(24-4)12(7-8-19(16)10-25-19)26-17(23)21-14(22)9-20/h5,12-13,15-16H,6-10H2,1-4H3,(H,21,22,23)/t12?,13-,15?,16?,18+,19+/m1/s1. The van der Waals surface area contributed by atoms with Gasteiger partial charge in [0.15, 0.2) is 0 Å². The predicted octanol–water partition coefficient (Wildman–Crippen LogP) is 2.55. The molecule has 3 rings (SSSR count). The van der Waals surface area contributed by atoms with Gasteiger partial charge in [-0.1, -0.05) is 11.6 Å². The number of epoxide rings is 2. The van der Waals surface area contributed by atoms with Gasteiger partial charge in [0.05, 0.1) is 18.6 Å². The van der Waals surface area contributed by atoms with Crippen LogP contribution in [0.25, 0.3) is 0 Å². The number of imide groups is 1. The van der Waals surface area contributed by atoms with Gasteiger partial charge in [0.1, 0.15) is 29.3 Å². The molecule has 2 aliphatic heterocycles. The van der Waals surface area contributed by atoms with Gasteiger partial charge in [-0.05, 0) is 40.0 Å². The maximum Gasteiger partial charge on any atom is 0.414 e. The fourth-order valence-electron chi connectivity index (χ4n) is 4.38. The number of halogens is 1. The van der Waals surface area contributed by atoms with Gasteiger partial charge in [-0.15, -0.1) is 11.6 Å². The number of allylic oxidation sites excluding steroid dienone is 1. The number of hydrogen-bond donors (Lipinski definition) is 1. The molecule has 27 heavy (non-hydrogen) atoms. The second-order valence-corrected chi connectivity index (χ2v) is 8.27. The molecule has 0 radical (unpaired) electrons. The maximum absolute atomic E-state index is 12.0. The number of amides is 2. The second kappa shape index (κ2) is 7.70. The summed E-state index contributed by atoms with van der Waals surface area (Å²) in [7, 11) is 1.61. The molecule has 1 aliphatic carbocycles. The summed E-state index contributed by atoms with van der Waals surface area (Å²) >= 11 is 5.42. The first-order chi connectivity index (χ1) is 12.8. The van der Waals surface area contributed by atoms with E-state index in [1.54, 1.807) is 7.11 Å². The SMILES string of the molecule is COC1C(OC(=O)NC(=O)CCl)CC[C@]2(CO2)C1[C@@]1(C)O[C@@H]1CC=C(C)C. The Kier molecular flexibility index (Phi) is 5.87. The van der Waals surface area contributed by atoms with Crippen molar-refractivity contribution in [2.45, 2.75) is 69.5 Å². The van der Waals surface area contributed by atoms with Crippen molar-refractivity contribution in [2.24, 2.45) is 5.92 Å². The molecule has 0 aromatic carbocycles. The highest BCUT2D eigenvalue weighted by Gasteiger charge is 2.72. The van der Waals surface area contributed by atoms with Crippen molar-refractivity contribution < 1.29 is 28.5 Å². The number of methoxy groups -OCH3 is 1. The summed E-state index contributed by atoms with van der Waals surface area (Å²) < 4.78 is 23.2. The van der Waals surface area contributed by atoms with E-state index in [1.165, 1.54) is 5.57 Å². The summed E-state index contributed by atoms with van der Waals surface area (Å²) in [4.78, 5) is 23.3. The number of hydrogen-bond acceptors (Lipinski definition) is 6. The van der Waals surface area contributed by atoms with Crippen LogP contribution < -0.4 is 5.32 Å². The number of nitrogens with one attached hydrogen (secondary N) is 1. The third-order valence-corrected chi connectivity index (χ3v) is 6.10. The molecule has 7 nitrogen and oxygen atoms in total. The minimum Gasteiger partial charge on any atom is -0.443 e. The first-order valence-electron chi connectivity index (χ1n) is 9.30. The van der Waals surface area contributed by atoms with Crippen molar-refractivity contribution >= 4 is 23.6 Å². The maximum atomic E-state index is 12.0. The molecule has 0 aromatic heterocycles. The molecule has 3 fully saturated rings. The molecule has 8 heteroatoms. The highest BCUT2D eigenvalue weighted by Crippen LogP contribution is 2.59. The molecule has 2 saturated heterocycles. The number of rotatable bonds is 6. The molecule has 0 bridgehead atoms. The minimum absolute atomic E-state index is 0.0548. The summed E-state index contributed by atoms with van der Waals surface area (Å²) in [6.07, 6.45) is 2.78. The van der Waals surface area contributed by atoms with Gasteiger partial charge in [-0.3, -0.25) is 10.1 Å². The Labute approximate surface area is 164 Å². The third kappa shape index (κ3) is 4.16. The van der Waals surface area contributed by atoms with Crippen LogP contribution in [0.3, 0.4) is 0 Å². The molecular weight excluding hydrogens is 374 g/mol. The van der Waals surface area contributed by atoms with Gasteiger partial charge in [-0.25, -0.2) is 4.79 Å². The zero-order valence-corrected chi connectivity index (χ0v) is 17.0. The van der Waals surface area contributed by atoms with E-state index in [0.29, 0.717) is 13.0 Å². The highest BCUT2D eigenvalue weighted by atomic mass is 35.5. The summed E-state index contributed by atoms with van der Waals surface area (Å²) in [5.41, 5.74) is 0.574. The zero-order chi connectivity index (χ0) is 19.8. The summed E-state index contributed by atoms with van der Waals surface area (Å²) in [5.74, 6) is -0.949. The van der Waals surface area contributed by atoms with Crippen molar-refractivity contribution in [2.75, 3.05) is 19.6 Å². The molecule has 2 heterocycles. The molecule has 2 amide bonds. The molecule has 0 aromatic rings. The smallest absolute Gasteiger partial charge is 0.414 e. The largest absolute Gasteiger partial charge is 0.443 e. The number of carbonyl (C=O) groups is 2. The molecule has 152 valence electrons. The molecular formula is C19H28ClNO6. The van der Waals surface area contributed by atoms with Crippen molar-refractivity contribution in [3.8, 4) is 0 Å². The Hall–Kier alpha value is -1.15. The minimum atomic E-state index is -0.804. The lowest BCUT2D eigenvalue weighted by molar-refractivity contribution is -0.124. The van der Waals surface area contributed by atoms with E-state index in [-0.39, 0.29) is 29.6 Å². The summed E-state index contributed by atoms with van der Waals surface area (Å²) in [6.45, 7) is 6.87. The van der Waals surface area contributed by atoms with E-state index in [4.69, 9.17) is 30.5 Å². The Morgan fingerprint density at radius 1 is 1.37 bits per heavy atom. The number of alkyl halides is 1. The number of carbonyl (C=O) groups excluding carboxylic acids is 2. The van der Waals surface area contributed by atoms with Crippen molar-refractivity contribution in [3.63, 3.8) is 0 Å². The summed E-state index contributed by atoms with van der Waals surface area (Å²) in [6, 6.07) is 0. The van der Waals surface area contributed by atoms with Crippen molar-refractivity contribution in [1.29, 1.82) is 0 Å². The van der Waals surface area contributed by atoms with Crippen LogP contribution in [-0.2, 0) is 23.7 Å². The van der Waals surface area contributed by atoms with E-state index >= 15 is 0 Å². The van der Waals surface area contributed by atoms with Crippen LogP contribution in [0.4, 0.5) is 4.79 Å². The van der Waals surface area contributed by atoms with Crippen LogP contribution in [0, 0.1) is 5.92 Å². The van der Waals surface area contributed by atoms with E-state index in [2.05, 4.69) is 32.2 Å². The van der Waals surface area contributed by atoms with Crippen LogP contribution in [0.1, 0.15) is 40.0 Å². The Bertz CT molecular complexity index is 630. The molecule has 6 atom stereocenters. The summed E-state index contributed by atoms with van der Waals surface area (Å²) in [5, 5.41) is 2.11. The van der Waals surface area contributed by atoms with E-state index in [9.17, 15) is 9.59 Å². The third-order valence-electron chi connectivity index (χ3n) is 5.86. The van der Waals surface area contributed by atoms with Crippen LogP contribution in [0.5, 0.6) is 0 Å². The lowest BCUT2D eigenvalue weighted by atomic mass is 9.68. The Morgan fingerprint density at radius 2 is 2.07 bits per heavy atom. The fourth-order valence-corrected chi connectivity index (χ4v) is 4.45. The quantitative estimate of drug-likeness (QED) is 0.418. The van der Waals surface area contributed by atoms with E-state index in [1.807, 2.05) is 0 Å². The Balaban J connectivity index is 1.73. The highest BCUT2D eigenvalue weighted by molar-refractivity contribution is 6.28. The predicted molar refractivity (Wildman–Crippen MR) is 98.7 cm³/mol. The van der Waals surface area contributed by atoms with Crippen LogP contribution >= 0.6 is 11.6 Å². The van der Waals surface area contributed by atoms with Gasteiger partial charge >= 0.3 is 6.09 Å².